The number of phenols is 1. The fourth-order valence-electron chi connectivity index (χ4n) is 5.41. The number of carbonyl (C=O) groups excluding carboxylic acids is 2. The molecule has 2 N–H and O–H groups in total. The molecule has 3 aliphatic rings. The number of nitrogens with one attached hydrogen (secondary N) is 1. The average Bonchev–Trinajstić information content (AvgIpc) is 3.52. The summed E-state index contributed by atoms with van der Waals surface area (Å²) in [5, 5.41) is 13.6. The Kier molecular flexibility index (Phi) is 7.07. The summed E-state index contributed by atoms with van der Waals surface area (Å²) in [5.74, 6) is -0.342. The van der Waals surface area contributed by atoms with Crippen LogP contribution in [0.1, 0.15) is 47.9 Å². The summed E-state index contributed by atoms with van der Waals surface area (Å²) in [6, 6.07) is 6.51. The van der Waals surface area contributed by atoms with E-state index in [1.807, 2.05) is 26.2 Å². The topological polar surface area (TPSA) is 116 Å². The number of benzene rings is 2. The Balaban J connectivity index is 1.57. The lowest BCUT2D eigenvalue weighted by Crippen LogP contribution is -2.38. The molecule has 2 aromatic rings. The van der Waals surface area contributed by atoms with Crippen molar-refractivity contribution in [1.82, 2.24) is 10.2 Å². The van der Waals surface area contributed by atoms with Crippen molar-refractivity contribution in [2.24, 2.45) is 5.92 Å². The SMILES string of the molecule is COc1cc(C2c3cc4c(cc3[C@@H](NC(=O)CCCCN(C)C)C3=COC(=O)[C@@H]32)OCO4)cc(OC)c1O. The van der Waals surface area contributed by atoms with Crippen molar-refractivity contribution in [1.29, 1.82) is 0 Å². The second-order valence-electron chi connectivity index (χ2n) is 9.88. The highest BCUT2D eigenvalue weighted by Gasteiger charge is 2.49. The molecule has 2 aliphatic heterocycles. The lowest BCUT2D eigenvalue weighted by Gasteiger charge is -2.37. The molecular weight excluding hydrogens is 492 g/mol. The van der Waals surface area contributed by atoms with Gasteiger partial charge in [-0.3, -0.25) is 9.59 Å². The average molecular weight is 525 g/mol. The van der Waals surface area contributed by atoms with E-state index in [1.54, 1.807) is 12.1 Å². The third-order valence-electron chi connectivity index (χ3n) is 7.24. The number of unbranched alkanes of at least 4 members (excludes halogenated alkanes) is 1. The molecule has 10 nitrogen and oxygen atoms in total. The standard InChI is InChI=1S/C28H32N2O8/c1-30(2)8-6-5-7-23(31)29-26-17-12-20-19(37-14-38-20)11-16(17)24(25-18(26)13-36-28(25)33)15-9-21(34-3)27(32)22(10-15)35-4/h9-13,24-26,32H,5-8,14H2,1-4H3,(H,29,31)/t24?,25-,26+/m0/s1. The van der Waals surface area contributed by atoms with Crippen molar-refractivity contribution in [3.05, 3.63) is 52.8 Å². The van der Waals surface area contributed by atoms with Crippen LogP contribution in [0.15, 0.2) is 36.1 Å². The van der Waals surface area contributed by atoms with Gasteiger partial charge in [-0.25, -0.2) is 0 Å². The van der Waals surface area contributed by atoms with Crippen molar-refractivity contribution >= 4 is 11.9 Å². The Hall–Kier alpha value is -3.92. The van der Waals surface area contributed by atoms with Crippen LogP contribution in [0, 0.1) is 5.92 Å². The molecule has 0 bridgehead atoms. The van der Waals surface area contributed by atoms with E-state index in [2.05, 4.69) is 10.2 Å². The highest BCUT2D eigenvalue weighted by Crippen LogP contribution is 2.55. The van der Waals surface area contributed by atoms with Crippen LogP contribution in [0.2, 0.25) is 0 Å². The van der Waals surface area contributed by atoms with E-state index in [0.29, 0.717) is 29.1 Å². The van der Waals surface area contributed by atoms with E-state index >= 15 is 0 Å². The Morgan fingerprint density at radius 2 is 1.68 bits per heavy atom. The summed E-state index contributed by atoms with van der Waals surface area (Å²) in [7, 11) is 6.90. The van der Waals surface area contributed by atoms with E-state index in [-0.39, 0.29) is 29.9 Å². The first-order valence-electron chi connectivity index (χ1n) is 12.5. The van der Waals surface area contributed by atoms with Crippen molar-refractivity contribution in [2.45, 2.75) is 31.2 Å². The van der Waals surface area contributed by atoms with Crippen LogP contribution in [-0.2, 0) is 14.3 Å². The first-order valence-corrected chi connectivity index (χ1v) is 12.5. The molecule has 0 saturated heterocycles. The van der Waals surface area contributed by atoms with Gasteiger partial charge in [0.05, 0.1) is 32.4 Å². The molecule has 0 fully saturated rings. The molecule has 1 unspecified atom stereocenters. The summed E-state index contributed by atoms with van der Waals surface area (Å²) in [6.07, 6.45) is 3.46. The third kappa shape index (κ3) is 4.60. The van der Waals surface area contributed by atoms with Gasteiger partial charge in [0.2, 0.25) is 18.4 Å². The Labute approximate surface area is 221 Å². The fourth-order valence-corrected chi connectivity index (χ4v) is 5.41. The minimum Gasteiger partial charge on any atom is -0.502 e. The van der Waals surface area contributed by atoms with Gasteiger partial charge in [-0.1, -0.05) is 0 Å². The van der Waals surface area contributed by atoms with Gasteiger partial charge < -0.3 is 39.0 Å². The molecule has 0 aromatic heterocycles. The summed E-state index contributed by atoms with van der Waals surface area (Å²) in [4.78, 5) is 28.3. The number of rotatable bonds is 9. The smallest absolute Gasteiger partial charge is 0.319 e. The maximum absolute atomic E-state index is 13.2. The van der Waals surface area contributed by atoms with Gasteiger partial charge in [0.25, 0.3) is 0 Å². The third-order valence-corrected chi connectivity index (χ3v) is 7.24. The van der Waals surface area contributed by atoms with Gasteiger partial charge in [0.15, 0.2) is 23.0 Å². The summed E-state index contributed by atoms with van der Waals surface area (Å²) >= 11 is 0. The maximum Gasteiger partial charge on any atom is 0.319 e. The van der Waals surface area contributed by atoms with Crippen LogP contribution in [0.4, 0.5) is 0 Å². The number of cyclic esters (lactones) is 1. The van der Waals surface area contributed by atoms with Gasteiger partial charge in [0, 0.05) is 17.9 Å². The number of hydrogen-bond acceptors (Lipinski definition) is 9. The summed E-state index contributed by atoms with van der Waals surface area (Å²) in [5.41, 5.74) is 2.90. The molecule has 3 atom stereocenters. The van der Waals surface area contributed by atoms with E-state index in [4.69, 9.17) is 23.7 Å². The zero-order valence-corrected chi connectivity index (χ0v) is 21.9. The minimum atomic E-state index is -0.708. The molecule has 0 radical (unpaired) electrons. The summed E-state index contributed by atoms with van der Waals surface area (Å²) in [6.45, 7) is 0.987. The first kappa shape index (κ1) is 25.7. The number of esters is 1. The van der Waals surface area contributed by atoms with Gasteiger partial charge in [-0.2, -0.15) is 0 Å². The first-order chi connectivity index (χ1) is 18.3. The molecule has 1 aliphatic carbocycles. The number of amides is 1. The lowest BCUT2D eigenvalue weighted by atomic mass is 9.68. The molecule has 2 heterocycles. The van der Waals surface area contributed by atoms with Crippen LogP contribution in [0.25, 0.3) is 0 Å². The van der Waals surface area contributed by atoms with Crippen LogP contribution < -0.4 is 24.3 Å². The normalized spacial score (nSPS) is 20.9. The molecule has 5 rings (SSSR count). The van der Waals surface area contributed by atoms with Crippen molar-refractivity contribution in [2.75, 3.05) is 41.7 Å². The van der Waals surface area contributed by atoms with E-state index in [0.717, 1.165) is 30.5 Å². The highest BCUT2D eigenvalue weighted by molar-refractivity contribution is 5.85. The monoisotopic (exact) mass is 524 g/mol. The molecular formula is C28H32N2O8. The number of phenolic OH excluding ortho intramolecular Hbond substituents is 1. The van der Waals surface area contributed by atoms with Gasteiger partial charge in [0.1, 0.15) is 0 Å². The second-order valence-corrected chi connectivity index (χ2v) is 9.88. The summed E-state index contributed by atoms with van der Waals surface area (Å²) < 4.78 is 27.5. The number of ether oxygens (including phenoxy) is 5. The van der Waals surface area contributed by atoms with Gasteiger partial charge in [-0.05, 0) is 74.4 Å². The van der Waals surface area contributed by atoms with Gasteiger partial charge >= 0.3 is 5.97 Å². The van der Waals surface area contributed by atoms with E-state index in [1.165, 1.54) is 20.5 Å². The van der Waals surface area contributed by atoms with Crippen molar-refractivity contribution < 1.29 is 38.4 Å². The fraction of sp³-hybridized carbons (Fsp3) is 0.429. The van der Waals surface area contributed by atoms with Crippen LogP contribution >= 0.6 is 0 Å². The number of fused-ring (bicyclic) bond motifs is 3. The maximum atomic E-state index is 13.2. The molecule has 1 amide bonds. The number of hydrogen-bond donors (Lipinski definition) is 2. The molecule has 0 spiro atoms. The quantitative estimate of drug-likeness (QED) is 0.377. The highest BCUT2D eigenvalue weighted by atomic mass is 16.7. The minimum absolute atomic E-state index is 0.0841. The van der Waals surface area contributed by atoms with Crippen LogP contribution in [-0.4, -0.2) is 63.5 Å². The van der Waals surface area contributed by atoms with E-state index in [9.17, 15) is 14.7 Å². The number of carbonyl (C=O) groups is 2. The Bertz CT molecular complexity index is 1260. The largest absolute Gasteiger partial charge is 0.502 e. The molecule has 2 aromatic carbocycles. The number of aromatic hydroxyl groups is 1. The number of nitrogens with zero attached hydrogens (tertiary/aromatic N) is 1. The Morgan fingerprint density at radius 1 is 1.03 bits per heavy atom. The zero-order valence-electron chi connectivity index (χ0n) is 21.9. The van der Waals surface area contributed by atoms with Crippen molar-refractivity contribution in [3.8, 4) is 28.7 Å². The molecule has 202 valence electrons. The molecule has 0 saturated carbocycles. The zero-order chi connectivity index (χ0) is 27.0. The second kappa shape index (κ2) is 10.4. The van der Waals surface area contributed by atoms with Gasteiger partial charge in [-0.15, -0.1) is 0 Å². The molecule has 38 heavy (non-hydrogen) atoms. The van der Waals surface area contributed by atoms with Crippen molar-refractivity contribution in [3.63, 3.8) is 0 Å². The van der Waals surface area contributed by atoms with Crippen LogP contribution in [0.3, 0.4) is 0 Å². The molecule has 10 heteroatoms. The predicted octanol–water partition coefficient (Wildman–Crippen LogP) is 3.23. The van der Waals surface area contributed by atoms with Crippen LogP contribution in [0.5, 0.6) is 28.7 Å². The predicted molar refractivity (Wildman–Crippen MR) is 137 cm³/mol. The van der Waals surface area contributed by atoms with E-state index < -0.39 is 23.8 Å². The lowest BCUT2D eigenvalue weighted by molar-refractivity contribution is -0.139. The number of methoxy groups -OCH3 is 2. The Morgan fingerprint density at radius 3 is 2.32 bits per heavy atom.